The van der Waals surface area contributed by atoms with Gasteiger partial charge in [0.15, 0.2) is 0 Å². The van der Waals surface area contributed by atoms with Crippen LogP contribution < -0.4 is 11.1 Å². The van der Waals surface area contributed by atoms with Gasteiger partial charge in [0, 0.05) is 0 Å². The van der Waals surface area contributed by atoms with Gasteiger partial charge in [-0.25, -0.2) is 9.37 Å². The summed E-state index contributed by atoms with van der Waals surface area (Å²) in [6.45, 7) is 1.45. The van der Waals surface area contributed by atoms with Crippen molar-refractivity contribution >= 4 is 22.8 Å². The Morgan fingerprint density at radius 2 is 2.22 bits per heavy atom. The number of nitrogens with zero attached hydrogens (tertiary/aromatic N) is 1. The molecule has 0 aliphatic heterocycles. The summed E-state index contributed by atoms with van der Waals surface area (Å²) in [5.74, 6) is -1.83. The fourth-order valence-corrected chi connectivity index (χ4v) is 1.53. The molecule has 4 N–H and O–H groups in total. The molecular formula is C11H11FN4O2. The van der Waals surface area contributed by atoms with Crippen LogP contribution in [-0.4, -0.2) is 27.8 Å². The summed E-state index contributed by atoms with van der Waals surface area (Å²) >= 11 is 0. The number of hydrogen-bond donors (Lipinski definition) is 3. The first-order valence-electron chi connectivity index (χ1n) is 5.22. The van der Waals surface area contributed by atoms with E-state index < -0.39 is 23.7 Å². The molecule has 1 unspecified atom stereocenters. The minimum atomic E-state index is -0.838. The molecule has 7 heteroatoms. The number of hydrogen-bond acceptors (Lipinski definition) is 3. The number of nitrogens with one attached hydrogen (secondary N) is 2. The lowest BCUT2D eigenvalue weighted by molar-refractivity contribution is -0.119. The normalized spacial score (nSPS) is 12.3. The van der Waals surface area contributed by atoms with Crippen molar-refractivity contribution in [1.82, 2.24) is 15.3 Å². The van der Waals surface area contributed by atoms with E-state index in [1.807, 2.05) is 0 Å². The Balaban J connectivity index is 2.38. The van der Waals surface area contributed by atoms with Crippen molar-refractivity contribution in [1.29, 1.82) is 0 Å². The van der Waals surface area contributed by atoms with Gasteiger partial charge < -0.3 is 16.0 Å². The van der Waals surface area contributed by atoms with E-state index in [4.69, 9.17) is 5.73 Å². The van der Waals surface area contributed by atoms with Gasteiger partial charge in [0.2, 0.25) is 5.91 Å². The van der Waals surface area contributed by atoms with E-state index in [1.54, 1.807) is 0 Å². The van der Waals surface area contributed by atoms with Crippen LogP contribution in [0, 0.1) is 5.82 Å². The third-order valence-corrected chi connectivity index (χ3v) is 2.51. The zero-order chi connectivity index (χ0) is 13.3. The zero-order valence-electron chi connectivity index (χ0n) is 9.53. The van der Waals surface area contributed by atoms with Crippen molar-refractivity contribution in [3.63, 3.8) is 0 Å². The van der Waals surface area contributed by atoms with Crippen LogP contribution in [-0.2, 0) is 4.79 Å². The van der Waals surface area contributed by atoms with E-state index >= 15 is 0 Å². The van der Waals surface area contributed by atoms with Crippen molar-refractivity contribution in [2.24, 2.45) is 5.73 Å². The summed E-state index contributed by atoms with van der Waals surface area (Å²) in [6, 6.07) is 1.46. The minimum absolute atomic E-state index is 0.0550. The van der Waals surface area contributed by atoms with E-state index in [1.165, 1.54) is 19.3 Å². The summed E-state index contributed by atoms with van der Waals surface area (Å²) < 4.78 is 13.3. The molecule has 94 valence electrons. The first kappa shape index (κ1) is 12.0. The van der Waals surface area contributed by atoms with Gasteiger partial charge in [-0.1, -0.05) is 0 Å². The summed E-state index contributed by atoms with van der Waals surface area (Å²) in [5.41, 5.74) is 5.84. The fraction of sp³-hybridized carbons (Fsp3) is 0.182. The van der Waals surface area contributed by atoms with Gasteiger partial charge in [-0.2, -0.15) is 0 Å². The molecule has 1 atom stereocenters. The Hall–Kier alpha value is -2.44. The van der Waals surface area contributed by atoms with Crippen LogP contribution in [0.2, 0.25) is 0 Å². The molecule has 0 bridgehead atoms. The van der Waals surface area contributed by atoms with E-state index in [2.05, 4.69) is 15.3 Å². The highest BCUT2D eigenvalue weighted by atomic mass is 19.1. The van der Waals surface area contributed by atoms with Crippen molar-refractivity contribution in [2.45, 2.75) is 13.0 Å². The molecule has 2 rings (SSSR count). The monoisotopic (exact) mass is 250 g/mol. The zero-order valence-corrected chi connectivity index (χ0v) is 9.53. The van der Waals surface area contributed by atoms with Gasteiger partial charge in [-0.15, -0.1) is 0 Å². The SMILES string of the molecule is CC(NC(=O)c1cc(F)cc2[nH]cnc12)C(N)=O. The number of primary amides is 1. The van der Waals surface area contributed by atoms with Crippen molar-refractivity contribution in [3.05, 3.63) is 29.8 Å². The first-order valence-corrected chi connectivity index (χ1v) is 5.22. The van der Waals surface area contributed by atoms with E-state index in [-0.39, 0.29) is 5.56 Å². The second kappa shape index (κ2) is 4.44. The number of carbonyl (C=O) groups excluding carboxylic acids is 2. The van der Waals surface area contributed by atoms with Crippen LogP contribution in [0.3, 0.4) is 0 Å². The second-order valence-corrected chi connectivity index (χ2v) is 3.85. The average Bonchev–Trinajstić information content (AvgIpc) is 2.75. The number of halogens is 1. The number of carbonyl (C=O) groups is 2. The molecule has 0 fully saturated rings. The third kappa shape index (κ3) is 2.15. The molecule has 0 saturated carbocycles. The molecule has 0 aliphatic rings. The molecule has 18 heavy (non-hydrogen) atoms. The van der Waals surface area contributed by atoms with Crippen LogP contribution in [0.4, 0.5) is 4.39 Å². The van der Waals surface area contributed by atoms with Gasteiger partial charge >= 0.3 is 0 Å². The van der Waals surface area contributed by atoms with Crippen LogP contribution >= 0.6 is 0 Å². The van der Waals surface area contributed by atoms with Crippen LogP contribution in [0.5, 0.6) is 0 Å². The molecule has 0 radical (unpaired) electrons. The van der Waals surface area contributed by atoms with Crippen molar-refractivity contribution in [2.75, 3.05) is 0 Å². The maximum absolute atomic E-state index is 13.3. The van der Waals surface area contributed by atoms with Crippen molar-refractivity contribution in [3.8, 4) is 0 Å². The Morgan fingerprint density at radius 3 is 2.89 bits per heavy atom. The molecule has 2 aromatic rings. The molecule has 0 aliphatic carbocycles. The van der Waals surface area contributed by atoms with Gasteiger partial charge in [0.25, 0.3) is 5.91 Å². The highest BCUT2D eigenvalue weighted by Crippen LogP contribution is 2.17. The highest BCUT2D eigenvalue weighted by Gasteiger charge is 2.18. The van der Waals surface area contributed by atoms with E-state index in [9.17, 15) is 14.0 Å². The molecule has 0 spiro atoms. The summed E-state index contributed by atoms with van der Waals surface area (Å²) in [4.78, 5) is 29.4. The Morgan fingerprint density at radius 1 is 1.50 bits per heavy atom. The van der Waals surface area contributed by atoms with Crippen LogP contribution in [0.15, 0.2) is 18.5 Å². The highest BCUT2D eigenvalue weighted by molar-refractivity contribution is 6.06. The van der Waals surface area contributed by atoms with E-state index in [0.717, 1.165) is 6.07 Å². The second-order valence-electron chi connectivity index (χ2n) is 3.85. The Bertz CT molecular complexity index is 623. The third-order valence-electron chi connectivity index (χ3n) is 2.51. The first-order chi connectivity index (χ1) is 8.49. The average molecular weight is 250 g/mol. The molecule has 1 heterocycles. The molecule has 1 aromatic heterocycles. The lowest BCUT2D eigenvalue weighted by Crippen LogP contribution is -2.42. The Kier molecular flexibility index (Phi) is 2.97. The summed E-state index contributed by atoms with van der Waals surface area (Å²) in [5, 5.41) is 2.37. The quantitative estimate of drug-likeness (QED) is 0.730. The number of nitrogens with two attached hydrogens (primary N) is 1. The molecular weight excluding hydrogens is 239 g/mol. The fourth-order valence-electron chi connectivity index (χ4n) is 1.53. The van der Waals surface area contributed by atoms with Crippen LogP contribution in [0.25, 0.3) is 11.0 Å². The smallest absolute Gasteiger partial charge is 0.254 e. The standard InChI is InChI=1S/C11H11FN4O2/c1-5(10(13)17)16-11(18)7-2-6(12)3-8-9(7)15-4-14-8/h2-5H,1H3,(H2,13,17)(H,14,15)(H,16,18). The molecule has 6 nitrogen and oxygen atoms in total. The lowest BCUT2D eigenvalue weighted by atomic mass is 10.1. The molecule has 0 saturated heterocycles. The maximum atomic E-state index is 13.3. The number of aromatic amines is 1. The van der Waals surface area contributed by atoms with E-state index in [0.29, 0.717) is 11.0 Å². The lowest BCUT2D eigenvalue weighted by Gasteiger charge is -2.10. The topological polar surface area (TPSA) is 101 Å². The molecule has 2 amide bonds. The number of aromatic nitrogens is 2. The number of H-pyrrole nitrogens is 1. The minimum Gasteiger partial charge on any atom is -0.368 e. The van der Waals surface area contributed by atoms with Gasteiger partial charge in [-0.3, -0.25) is 9.59 Å². The number of fused-ring (bicyclic) bond motifs is 1. The maximum Gasteiger partial charge on any atom is 0.254 e. The Labute approximate surface area is 101 Å². The number of benzene rings is 1. The van der Waals surface area contributed by atoms with Gasteiger partial charge in [-0.05, 0) is 19.1 Å². The van der Waals surface area contributed by atoms with Crippen molar-refractivity contribution < 1.29 is 14.0 Å². The number of rotatable bonds is 3. The predicted octanol–water partition coefficient (Wildman–Crippen LogP) is 0.306. The summed E-state index contributed by atoms with van der Waals surface area (Å²) in [7, 11) is 0. The summed E-state index contributed by atoms with van der Waals surface area (Å²) in [6.07, 6.45) is 1.36. The predicted molar refractivity (Wildman–Crippen MR) is 62.2 cm³/mol. The van der Waals surface area contributed by atoms with Gasteiger partial charge in [0.1, 0.15) is 17.4 Å². The number of amides is 2. The largest absolute Gasteiger partial charge is 0.368 e. The number of imidazole rings is 1. The van der Waals surface area contributed by atoms with Crippen LogP contribution in [0.1, 0.15) is 17.3 Å². The molecule has 1 aromatic carbocycles. The van der Waals surface area contributed by atoms with Gasteiger partial charge in [0.05, 0.1) is 17.4 Å².